The largest absolute Gasteiger partial charge is 0.396 e. The lowest BCUT2D eigenvalue weighted by Gasteiger charge is -2.31. The number of hydrogen-bond donors (Lipinski definition) is 2. The van der Waals surface area contributed by atoms with E-state index in [1.165, 1.54) is 0 Å². The van der Waals surface area contributed by atoms with Crippen LogP contribution < -0.4 is 5.56 Å². The van der Waals surface area contributed by atoms with E-state index in [0.717, 1.165) is 28.8 Å². The molecule has 0 bridgehead atoms. The monoisotopic (exact) mass is 444 g/mol. The Hall–Kier alpha value is -2.15. The minimum Gasteiger partial charge on any atom is -0.396 e. The van der Waals surface area contributed by atoms with Gasteiger partial charge in [-0.1, -0.05) is 23.7 Å². The Kier molecular flexibility index (Phi) is 6.51. The molecule has 166 valence electrons. The number of aryl methyl sites for hydroxylation is 2. The molecule has 1 aromatic heterocycles. The summed E-state index contributed by atoms with van der Waals surface area (Å²) >= 11 is 6.84. The van der Waals surface area contributed by atoms with E-state index in [0.29, 0.717) is 48.7 Å². The number of nitrogens with zero attached hydrogens (tertiary/aromatic N) is 1. The maximum absolute atomic E-state index is 13.4. The lowest BCUT2D eigenvalue weighted by atomic mass is 9.81. The van der Waals surface area contributed by atoms with Crippen molar-refractivity contribution in [3.8, 4) is 0 Å². The number of fused-ring (bicyclic) bond motifs is 1. The van der Waals surface area contributed by atoms with Crippen molar-refractivity contribution >= 4 is 17.5 Å². The number of carbonyl (C=O) groups excluding carboxylic acids is 1. The van der Waals surface area contributed by atoms with E-state index in [9.17, 15) is 14.7 Å². The molecule has 1 aromatic carbocycles. The highest BCUT2D eigenvalue weighted by Gasteiger charge is 2.33. The molecule has 0 aliphatic carbocycles. The van der Waals surface area contributed by atoms with Gasteiger partial charge < -0.3 is 19.7 Å². The highest BCUT2D eigenvalue weighted by atomic mass is 35.5. The van der Waals surface area contributed by atoms with Gasteiger partial charge in [-0.2, -0.15) is 0 Å². The highest BCUT2D eigenvalue weighted by Crippen LogP contribution is 2.40. The first-order chi connectivity index (χ1) is 14.9. The van der Waals surface area contributed by atoms with Gasteiger partial charge in [0, 0.05) is 31.0 Å². The molecule has 0 spiro atoms. The molecule has 1 fully saturated rings. The van der Waals surface area contributed by atoms with Gasteiger partial charge in [-0.3, -0.25) is 9.59 Å². The summed E-state index contributed by atoms with van der Waals surface area (Å²) in [7, 11) is 0. The molecule has 2 aliphatic heterocycles. The maximum Gasteiger partial charge on any atom is 0.255 e. The number of nitrogens with one attached hydrogen (secondary N) is 1. The van der Waals surface area contributed by atoms with E-state index in [2.05, 4.69) is 4.98 Å². The molecule has 1 amide bonds. The molecule has 0 saturated carbocycles. The van der Waals surface area contributed by atoms with E-state index in [-0.39, 0.29) is 36.5 Å². The molecule has 3 heterocycles. The second-order valence-corrected chi connectivity index (χ2v) is 9.04. The zero-order valence-electron chi connectivity index (χ0n) is 18.0. The molecule has 6 nitrogen and oxygen atoms in total. The zero-order valence-corrected chi connectivity index (χ0v) is 18.8. The van der Waals surface area contributed by atoms with Gasteiger partial charge in [0.05, 0.1) is 23.7 Å². The summed E-state index contributed by atoms with van der Waals surface area (Å²) in [6.07, 6.45) is 2.21. The van der Waals surface area contributed by atoms with Gasteiger partial charge in [-0.25, -0.2) is 0 Å². The van der Waals surface area contributed by atoms with E-state index in [1.54, 1.807) is 4.90 Å². The number of aromatic nitrogens is 1. The van der Waals surface area contributed by atoms with Gasteiger partial charge in [-0.15, -0.1) is 0 Å². The predicted molar refractivity (Wildman–Crippen MR) is 120 cm³/mol. The Morgan fingerprint density at radius 1 is 1.32 bits per heavy atom. The van der Waals surface area contributed by atoms with Crippen molar-refractivity contribution in [3.63, 3.8) is 0 Å². The normalized spacial score (nSPS) is 19.5. The number of aliphatic hydroxyl groups excluding tert-OH is 1. The summed E-state index contributed by atoms with van der Waals surface area (Å²) in [5, 5.41) is 10.1. The number of amides is 1. The zero-order chi connectivity index (χ0) is 22.1. The molecule has 2 N–H and O–H groups in total. The number of aromatic amines is 1. The van der Waals surface area contributed by atoms with Crippen LogP contribution in [-0.4, -0.2) is 47.3 Å². The standard InChI is InChI=1S/C24H29ClN2O4/c1-14-11-15(2)26-23(29)20(14)12-27-8-5-16-3-4-19(22(25)21(16)24(27)30)18(6-9-28)17-7-10-31-13-17/h3-4,11,17-18,28H,5-10,12-13H2,1-2H3,(H,26,29)/t17-,18-/m1/s1. The number of carbonyl (C=O) groups is 1. The van der Waals surface area contributed by atoms with Crippen LogP contribution in [-0.2, 0) is 17.7 Å². The lowest BCUT2D eigenvalue weighted by molar-refractivity contribution is 0.0726. The third kappa shape index (κ3) is 4.29. The smallest absolute Gasteiger partial charge is 0.255 e. The van der Waals surface area contributed by atoms with E-state index in [4.69, 9.17) is 16.3 Å². The van der Waals surface area contributed by atoms with Crippen LogP contribution in [0.4, 0.5) is 0 Å². The summed E-state index contributed by atoms with van der Waals surface area (Å²) in [6.45, 7) is 5.97. The van der Waals surface area contributed by atoms with Crippen LogP contribution in [0.5, 0.6) is 0 Å². The quantitative estimate of drug-likeness (QED) is 0.715. The topological polar surface area (TPSA) is 82.6 Å². The minimum absolute atomic E-state index is 0.0515. The fourth-order valence-corrected chi connectivity index (χ4v) is 5.35. The van der Waals surface area contributed by atoms with Crippen molar-refractivity contribution in [1.82, 2.24) is 9.88 Å². The number of hydrogen-bond acceptors (Lipinski definition) is 4. The van der Waals surface area contributed by atoms with E-state index in [1.807, 2.05) is 32.0 Å². The van der Waals surface area contributed by atoms with Gasteiger partial charge in [0.15, 0.2) is 0 Å². The first kappa shape index (κ1) is 22.1. The molecule has 2 aromatic rings. The third-order valence-corrected chi connectivity index (χ3v) is 7.03. The molecule has 2 atom stereocenters. The Balaban J connectivity index is 1.66. The van der Waals surface area contributed by atoms with Crippen LogP contribution in [0, 0.1) is 19.8 Å². The first-order valence-corrected chi connectivity index (χ1v) is 11.3. The lowest BCUT2D eigenvalue weighted by Crippen LogP contribution is -2.39. The molecule has 2 aliphatic rings. The van der Waals surface area contributed by atoms with Crippen molar-refractivity contribution in [2.75, 3.05) is 26.4 Å². The van der Waals surface area contributed by atoms with E-state index < -0.39 is 0 Å². The molecule has 31 heavy (non-hydrogen) atoms. The predicted octanol–water partition coefficient (Wildman–Crippen LogP) is 3.35. The average molecular weight is 445 g/mol. The minimum atomic E-state index is -0.153. The summed E-state index contributed by atoms with van der Waals surface area (Å²) in [5.74, 6) is 0.194. The number of halogens is 1. The number of pyridine rings is 1. The van der Waals surface area contributed by atoms with Crippen LogP contribution >= 0.6 is 11.6 Å². The molecule has 1 saturated heterocycles. The van der Waals surface area contributed by atoms with Crippen LogP contribution in [0.2, 0.25) is 5.02 Å². The first-order valence-electron chi connectivity index (χ1n) is 10.9. The van der Waals surface area contributed by atoms with Crippen molar-refractivity contribution in [1.29, 1.82) is 0 Å². The number of aliphatic hydroxyl groups is 1. The second kappa shape index (κ2) is 9.15. The number of ether oxygens (including phenoxy) is 1. The summed E-state index contributed by atoms with van der Waals surface area (Å²) in [6, 6.07) is 5.93. The van der Waals surface area contributed by atoms with Crippen molar-refractivity contribution in [3.05, 3.63) is 67.1 Å². The van der Waals surface area contributed by atoms with E-state index >= 15 is 0 Å². The fourth-order valence-electron chi connectivity index (χ4n) is 4.95. The molecular formula is C24H29ClN2O4. The number of H-pyrrole nitrogens is 1. The Labute approximate surface area is 187 Å². The van der Waals surface area contributed by atoms with Gasteiger partial charge >= 0.3 is 0 Å². The molecule has 0 radical (unpaired) electrons. The highest BCUT2D eigenvalue weighted by molar-refractivity contribution is 6.35. The molecule has 4 rings (SSSR count). The average Bonchev–Trinajstić information content (AvgIpc) is 3.25. The van der Waals surface area contributed by atoms with Gasteiger partial charge in [0.1, 0.15) is 0 Å². The van der Waals surface area contributed by atoms with Crippen molar-refractivity contribution in [2.45, 2.75) is 45.6 Å². The van der Waals surface area contributed by atoms with Gasteiger partial charge in [0.2, 0.25) is 0 Å². The van der Waals surface area contributed by atoms with Crippen molar-refractivity contribution < 1.29 is 14.6 Å². The van der Waals surface area contributed by atoms with Crippen LogP contribution in [0.25, 0.3) is 0 Å². The van der Waals surface area contributed by atoms with Gasteiger partial charge in [0.25, 0.3) is 11.5 Å². The molecular weight excluding hydrogens is 416 g/mol. The maximum atomic E-state index is 13.4. The van der Waals surface area contributed by atoms with Crippen LogP contribution in [0.1, 0.15) is 57.1 Å². The summed E-state index contributed by atoms with van der Waals surface area (Å²) in [4.78, 5) is 30.4. The van der Waals surface area contributed by atoms with Gasteiger partial charge in [-0.05, 0) is 67.7 Å². The second-order valence-electron chi connectivity index (χ2n) is 8.67. The molecule has 7 heteroatoms. The van der Waals surface area contributed by atoms with Crippen LogP contribution in [0.3, 0.4) is 0 Å². The summed E-state index contributed by atoms with van der Waals surface area (Å²) < 4.78 is 5.56. The SMILES string of the molecule is Cc1cc(C)c(CN2CCc3ccc([C@H](CCO)[C@@H]4CCOC4)c(Cl)c3C2=O)c(=O)[nH]1. The fraction of sp³-hybridized carbons (Fsp3) is 0.500. The van der Waals surface area contributed by atoms with Crippen LogP contribution in [0.15, 0.2) is 23.0 Å². The Bertz CT molecular complexity index is 1040. The molecule has 0 unspecified atom stereocenters. The number of rotatable bonds is 6. The number of benzene rings is 1. The third-order valence-electron chi connectivity index (χ3n) is 6.63. The Morgan fingerprint density at radius 2 is 2.13 bits per heavy atom. The summed E-state index contributed by atoms with van der Waals surface area (Å²) in [5.41, 5.74) is 4.52. The van der Waals surface area contributed by atoms with Crippen molar-refractivity contribution in [2.24, 2.45) is 5.92 Å². The Morgan fingerprint density at radius 3 is 2.81 bits per heavy atom.